The first-order chi connectivity index (χ1) is 8.43. The van der Waals surface area contributed by atoms with Crippen molar-refractivity contribution in [3.8, 4) is 0 Å². The molecular weight excluding hydrogens is 661 g/mol. The van der Waals surface area contributed by atoms with Crippen LogP contribution in [0.5, 0.6) is 0 Å². The number of hydrogen-bond donors (Lipinski definition) is 0. The molecule has 0 heterocycles. The average Bonchev–Trinajstić information content (AvgIpc) is 2.58. The van der Waals surface area contributed by atoms with Gasteiger partial charge < -0.3 is 0 Å². The fourth-order valence-electron chi connectivity index (χ4n) is 3.36. The van der Waals surface area contributed by atoms with Gasteiger partial charge in [-0.1, -0.05) is 59.1 Å². The van der Waals surface area contributed by atoms with E-state index in [1.54, 1.807) is 0 Å². The number of hydrogen-bond acceptors (Lipinski definition) is 0. The van der Waals surface area contributed by atoms with E-state index in [4.69, 9.17) is 0 Å². The molecular formula is C18H20Y5-2. The quantitative estimate of drug-likeness (QED) is 0.346. The summed E-state index contributed by atoms with van der Waals surface area (Å²) in [6, 6.07) is 4.69. The minimum Gasteiger partial charge on any atom is -0.203 e. The van der Waals surface area contributed by atoms with E-state index >= 15 is 0 Å². The van der Waals surface area contributed by atoms with Gasteiger partial charge in [0, 0.05) is 164 Å². The summed E-state index contributed by atoms with van der Waals surface area (Å²) in [6.07, 6.45) is 0. The molecule has 0 saturated heterocycles. The van der Waals surface area contributed by atoms with E-state index < -0.39 is 0 Å². The molecule has 0 nitrogen and oxygen atoms in total. The van der Waals surface area contributed by atoms with Crippen molar-refractivity contribution in [1.82, 2.24) is 0 Å². The zero-order chi connectivity index (χ0) is 13.2. The molecule has 109 valence electrons. The second-order valence-corrected chi connectivity index (χ2v) is 5.74. The molecule has 2 aromatic carbocycles. The first kappa shape index (κ1) is 31.6. The monoisotopic (exact) mass is 681 g/mol. The smallest absolute Gasteiger partial charge is 0 e. The first-order valence-corrected chi connectivity index (χ1v) is 6.65. The molecule has 0 aliphatic heterocycles. The van der Waals surface area contributed by atoms with E-state index in [0.717, 1.165) is 0 Å². The van der Waals surface area contributed by atoms with Crippen molar-refractivity contribution in [2.75, 3.05) is 0 Å². The zero-order valence-electron chi connectivity index (χ0n) is 15.0. The topological polar surface area (TPSA) is 0 Å². The predicted octanol–water partition coefficient (Wildman–Crippen LogP) is 4.96. The third-order valence-corrected chi connectivity index (χ3v) is 4.78. The molecule has 23 heavy (non-hydrogen) atoms. The molecule has 0 unspecified atom stereocenters. The number of aryl methyl sites for hydroxylation is 2. The minimum absolute atomic E-state index is 0. The van der Waals surface area contributed by atoms with Crippen LogP contribution >= 0.6 is 0 Å². The third-order valence-electron chi connectivity index (χ3n) is 4.78. The maximum absolute atomic E-state index is 2.34. The molecule has 3 rings (SSSR count). The summed E-state index contributed by atoms with van der Waals surface area (Å²) in [5.74, 6) is 2.93. The molecule has 5 heteroatoms. The van der Waals surface area contributed by atoms with Crippen LogP contribution in [0, 0.1) is 39.5 Å². The van der Waals surface area contributed by atoms with Gasteiger partial charge in [0.15, 0.2) is 0 Å². The first-order valence-electron chi connectivity index (χ1n) is 6.65. The van der Waals surface area contributed by atoms with Crippen molar-refractivity contribution in [2.45, 2.75) is 41.5 Å². The molecule has 0 aromatic heterocycles. The summed E-state index contributed by atoms with van der Waals surface area (Å²) in [7, 11) is 0. The van der Waals surface area contributed by atoms with E-state index in [9.17, 15) is 0 Å². The Labute approximate surface area is 267 Å². The Morgan fingerprint density at radius 1 is 0.609 bits per heavy atom. The van der Waals surface area contributed by atoms with Crippen LogP contribution in [0.25, 0.3) is 10.8 Å². The molecule has 0 amide bonds. The van der Waals surface area contributed by atoms with E-state index in [0.29, 0.717) is 0 Å². The van der Waals surface area contributed by atoms with Gasteiger partial charge in [0.2, 0.25) is 0 Å². The largest absolute Gasteiger partial charge is 0.203 e. The molecule has 5 radical (unpaired) electrons. The van der Waals surface area contributed by atoms with Crippen molar-refractivity contribution in [1.29, 1.82) is 0 Å². The van der Waals surface area contributed by atoms with Crippen LogP contribution < -0.4 is 0 Å². The van der Waals surface area contributed by atoms with Crippen LogP contribution in [-0.2, 0) is 164 Å². The maximum atomic E-state index is 2.34. The maximum Gasteiger partial charge on any atom is 0 e. The van der Waals surface area contributed by atoms with Gasteiger partial charge in [-0.2, -0.15) is 11.1 Å². The average molecular weight is 681 g/mol. The van der Waals surface area contributed by atoms with Crippen LogP contribution in [0.2, 0.25) is 0 Å². The molecule has 0 fully saturated rings. The SMILES string of the molecule is Cc1cc2cc(C)c(C)c3c2c(c1C)[C-](C)[C-]3C.[Y].[Y].[Y].[Y].[Y]. The standard InChI is InChI=1S/C18H20.5Y/c1-9-7-15-8-10(2)12(4)17-14(6)13(5)16(11(9)3)18(15)17;;;;;/h7-8H,1-6H3;;;;;/q-2;;;;;. The minimum atomic E-state index is 0. The summed E-state index contributed by atoms with van der Waals surface area (Å²) in [5, 5.41) is 2.89. The Morgan fingerprint density at radius 2 is 0.913 bits per heavy atom. The van der Waals surface area contributed by atoms with Crippen molar-refractivity contribution in [3.63, 3.8) is 0 Å². The number of rotatable bonds is 0. The van der Waals surface area contributed by atoms with Gasteiger partial charge in [-0.15, -0.1) is 27.6 Å². The summed E-state index contributed by atoms with van der Waals surface area (Å²) in [5.41, 5.74) is 8.67. The fourth-order valence-corrected chi connectivity index (χ4v) is 3.36. The molecule has 0 saturated carbocycles. The number of benzene rings is 2. The van der Waals surface area contributed by atoms with Crippen LogP contribution in [0.4, 0.5) is 0 Å². The van der Waals surface area contributed by atoms with Gasteiger partial charge in [-0.3, -0.25) is 0 Å². The zero-order valence-corrected chi connectivity index (χ0v) is 29.2. The van der Waals surface area contributed by atoms with Gasteiger partial charge in [0.05, 0.1) is 0 Å². The van der Waals surface area contributed by atoms with Crippen LogP contribution in [0.1, 0.15) is 47.2 Å². The van der Waals surface area contributed by atoms with E-state index in [2.05, 4.69) is 53.7 Å². The summed E-state index contributed by atoms with van der Waals surface area (Å²) in [6.45, 7) is 13.5. The van der Waals surface area contributed by atoms with Gasteiger partial charge >= 0.3 is 0 Å². The van der Waals surface area contributed by atoms with Crippen molar-refractivity contribution in [2.24, 2.45) is 0 Å². The summed E-state index contributed by atoms with van der Waals surface area (Å²) < 4.78 is 0. The van der Waals surface area contributed by atoms with Crippen molar-refractivity contribution >= 4 is 10.8 Å². The molecule has 2 aromatic rings. The predicted molar refractivity (Wildman–Crippen MR) is 78.9 cm³/mol. The van der Waals surface area contributed by atoms with Crippen LogP contribution in [-0.4, -0.2) is 0 Å². The second kappa shape index (κ2) is 12.5. The second-order valence-electron chi connectivity index (χ2n) is 5.74. The van der Waals surface area contributed by atoms with E-state index in [1.165, 1.54) is 56.0 Å². The summed E-state index contributed by atoms with van der Waals surface area (Å²) in [4.78, 5) is 0. The van der Waals surface area contributed by atoms with Crippen molar-refractivity contribution in [3.05, 3.63) is 57.3 Å². The van der Waals surface area contributed by atoms with Crippen LogP contribution in [0.3, 0.4) is 0 Å². The summed E-state index contributed by atoms with van der Waals surface area (Å²) >= 11 is 0. The fraction of sp³-hybridized carbons (Fsp3) is 0.333. The van der Waals surface area contributed by atoms with E-state index in [1.807, 2.05) is 0 Å². The Morgan fingerprint density at radius 3 is 1.22 bits per heavy atom. The molecule has 1 aliphatic rings. The van der Waals surface area contributed by atoms with Crippen molar-refractivity contribution < 1.29 is 164 Å². The van der Waals surface area contributed by atoms with Gasteiger partial charge in [0.1, 0.15) is 0 Å². The molecule has 0 N–H and O–H groups in total. The van der Waals surface area contributed by atoms with Gasteiger partial charge in [-0.05, 0) is 0 Å². The Bertz CT molecular complexity index is 624. The Kier molecular flexibility index (Phi) is 17.2. The molecule has 1 aliphatic carbocycles. The normalized spacial score (nSPS) is 10.9. The van der Waals surface area contributed by atoms with Crippen LogP contribution in [0.15, 0.2) is 12.1 Å². The molecule has 0 spiro atoms. The Balaban J connectivity index is -0.000000800. The Hall–Kier alpha value is 3.96. The van der Waals surface area contributed by atoms with E-state index in [-0.39, 0.29) is 164 Å². The third kappa shape index (κ3) is 5.52. The molecule has 0 bridgehead atoms. The van der Waals surface area contributed by atoms with Gasteiger partial charge in [-0.25, -0.2) is 11.8 Å². The van der Waals surface area contributed by atoms with Gasteiger partial charge in [0.25, 0.3) is 0 Å². The molecule has 0 atom stereocenters.